The number of amides is 1. The Morgan fingerprint density at radius 2 is 2.11 bits per heavy atom. The molecule has 0 radical (unpaired) electrons. The van der Waals surface area contributed by atoms with Crippen LogP contribution >= 0.6 is 15.9 Å². The topological polar surface area (TPSA) is 98.3 Å². The standard InChI is InChI=1S/C11H14BrN3O3/c1-6(2)10(13)11(16)14-8-4-3-7(12)5-9(8)15(17)18/h3-6,10H,13H2,1-2H3,(H,14,16)/t10-/m0/s1. The summed E-state index contributed by atoms with van der Waals surface area (Å²) < 4.78 is 0.570. The number of carbonyl (C=O) groups excluding carboxylic acids is 1. The molecule has 3 N–H and O–H groups in total. The van der Waals surface area contributed by atoms with Crippen LogP contribution in [0.15, 0.2) is 22.7 Å². The van der Waals surface area contributed by atoms with Gasteiger partial charge in [-0.25, -0.2) is 0 Å². The average Bonchev–Trinajstić information content (AvgIpc) is 2.29. The summed E-state index contributed by atoms with van der Waals surface area (Å²) in [5, 5.41) is 13.3. The maximum absolute atomic E-state index is 11.7. The van der Waals surface area contributed by atoms with Crippen LogP contribution in [0.5, 0.6) is 0 Å². The Balaban J connectivity index is 2.98. The molecule has 6 nitrogen and oxygen atoms in total. The van der Waals surface area contributed by atoms with Crippen molar-refractivity contribution in [3.8, 4) is 0 Å². The van der Waals surface area contributed by atoms with E-state index in [-0.39, 0.29) is 17.3 Å². The molecule has 0 aliphatic rings. The zero-order valence-electron chi connectivity index (χ0n) is 10.0. The Bertz CT molecular complexity index is 477. The lowest BCUT2D eigenvalue weighted by atomic mass is 10.0. The normalized spacial score (nSPS) is 12.3. The lowest BCUT2D eigenvalue weighted by molar-refractivity contribution is -0.384. The number of benzene rings is 1. The number of nitrogens with zero attached hydrogens (tertiary/aromatic N) is 1. The minimum Gasteiger partial charge on any atom is -0.320 e. The maximum atomic E-state index is 11.7. The molecule has 0 aromatic heterocycles. The molecule has 1 amide bonds. The molecule has 0 bridgehead atoms. The number of nitrogens with two attached hydrogens (primary N) is 1. The second-order valence-electron chi connectivity index (χ2n) is 4.18. The zero-order valence-corrected chi connectivity index (χ0v) is 11.6. The fourth-order valence-electron chi connectivity index (χ4n) is 1.28. The molecular formula is C11H14BrN3O3. The molecule has 18 heavy (non-hydrogen) atoms. The lowest BCUT2D eigenvalue weighted by Gasteiger charge is -2.15. The second-order valence-corrected chi connectivity index (χ2v) is 5.09. The first-order valence-electron chi connectivity index (χ1n) is 5.33. The number of nitrogens with one attached hydrogen (secondary N) is 1. The molecule has 0 spiro atoms. The summed E-state index contributed by atoms with van der Waals surface area (Å²) >= 11 is 3.14. The highest BCUT2D eigenvalue weighted by Gasteiger charge is 2.21. The van der Waals surface area contributed by atoms with Gasteiger partial charge in [0.1, 0.15) is 5.69 Å². The number of hydrogen-bond acceptors (Lipinski definition) is 4. The van der Waals surface area contributed by atoms with Crippen molar-refractivity contribution in [1.29, 1.82) is 0 Å². The summed E-state index contributed by atoms with van der Waals surface area (Å²) in [6.45, 7) is 3.61. The van der Waals surface area contributed by atoms with E-state index in [0.717, 1.165) is 0 Å². The van der Waals surface area contributed by atoms with Crippen molar-refractivity contribution < 1.29 is 9.72 Å². The molecule has 1 aromatic carbocycles. The fraction of sp³-hybridized carbons (Fsp3) is 0.364. The quantitative estimate of drug-likeness (QED) is 0.657. The minimum atomic E-state index is -0.701. The van der Waals surface area contributed by atoms with E-state index in [1.165, 1.54) is 12.1 Å². The van der Waals surface area contributed by atoms with Gasteiger partial charge in [-0.1, -0.05) is 29.8 Å². The van der Waals surface area contributed by atoms with E-state index in [1.54, 1.807) is 19.9 Å². The van der Waals surface area contributed by atoms with Gasteiger partial charge in [-0.05, 0) is 18.1 Å². The number of nitro groups is 1. The summed E-state index contributed by atoms with van der Waals surface area (Å²) in [6.07, 6.45) is 0. The van der Waals surface area contributed by atoms with Gasteiger partial charge in [0.15, 0.2) is 0 Å². The number of carbonyl (C=O) groups is 1. The third-order valence-corrected chi connectivity index (χ3v) is 2.93. The molecule has 0 aliphatic heterocycles. The smallest absolute Gasteiger partial charge is 0.293 e. The van der Waals surface area contributed by atoms with Crippen molar-refractivity contribution in [3.63, 3.8) is 0 Å². The monoisotopic (exact) mass is 315 g/mol. The Kier molecular flexibility index (Phi) is 4.80. The number of hydrogen-bond donors (Lipinski definition) is 2. The van der Waals surface area contributed by atoms with E-state index in [4.69, 9.17) is 5.73 Å². The van der Waals surface area contributed by atoms with Crippen LogP contribution in [-0.4, -0.2) is 16.9 Å². The van der Waals surface area contributed by atoms with Crippen LogP contribution in [0.2, 0.25) is 0 Å². The molecule has 1 atom stereocenters. The molecule has 0 aliphatic carbocycles. The first-order valence-corrected chi connectivity index (χ1v) is 6.12. The summed E-state index contributed by atoms with van der Waals surface area (Å²) in [5.74, 6) is -0.477. The molecule has 0 saturated heterocycles. The number of rotatable bonds is 4. The molecule has 98 valence electrons. The van der Waals surface area contributed by atoms with Gasteiger partial charge in [0.25, 0.3) is 5.69 Å². The zero-order chi connectivity index (χ0) is 13.9. The van der Waals surface area contributed by atoms with Crippen LogP contribution in [0.25, 0.3) is 0 Å². The van der Waals surface area contributed by atoms with E-state index < -0.39 is 16.9 Å². The Morgan fingerprint density at radius 1 is 1.50 bits per heavy atom. The largest absolute Gasteiger partial charge is 0.320 e. The third kappa shape index (κ3) is 3.51. The predicted octanol–water partition coefficient (Wildman–Crippen LogP) is 2.28. The van der Waals surface area contributed by atoms with Gasteiger partial charge in [0.2, 0.25) is 5.91 Å². The van der Waals surface area contributed by atoms with E-state index in [2.05, 4.69) is 21.2 Å². The van der Waals surface area contributed by atoms with Gasteiger partial charge in [-0.3, -0.25) is 14.9 Å². The fourth-order valence-corrected chi connectivity index (χ4v) is 1.63. The van der Waals surface area contributed by atoms with Gasteiger partial charge >= 0.3 is 0 Å². The molecule has 0 fully saturated rings. The van der Waals surface area contributed by atoms with Crippen molar-refractivity contribution >= 4 is 33.2 Å². The average molecular weight is 316 g/mol. The predicted molar refractivity (Wildman–Crippen MR) is 72.2 cm³/mol. The van der Waals surface area contributed by atoms with Gasteiger partial charge in [-0.15, -0.1) is 0 Å². The van der Waals surface area contributed by atoms with Crippen molar-refractivity contribution in [3.05, 3.63) is 32.8 Å². The maximum Gasteiger partial charge on any atom is 0.293 e. The highest BCUT2D eigenvalue weighted by Crippen LogP contribution is 2.28. The van der Waals surface area contributed by atoms with E-state index in [9.17, 15) is 14.9 Å². The van der Waals surface area contributed by atoms with E-state index in [1.807, 2.05) is 0 Å². The van der Waals surface area contributed by atoms with E-state index >= 15 is 0 Å². The van der Waals surface area contributed by atoms with Crippen LogP contribution in [0.3, 0.4) is 0 Å². The molecule has 1 rings (SSSR count). The van der Waals surface area contributed by atoms with E-state index in [0.29, 0.717) is 4.47 Å². The van der Waals surface area contributed by atoms with Crippen molar-refractivity contribution in [2.75, 3.05) is 5.32 Å². The highest BCUT2D eigenvalue weighted by atomic mass is 79.9. The molecule has 0 heterocycles. The van der Waals surface area contributed by atoms with Crippen LogP contribution in [0, 0.1) is 16.0 Å². The summed E-state index contributed by atoms with van der Waals surface area (Å²) in [4.78, 5) is 22.1. The van der Waals surface area contributed by atoms with Crippen molar-refractivity contribution in [2.24, 2.45) is 11.7 Å². The second kappa shape index (κ2) is 5.92. The highest BCUT2D eigenvalue weighted by molar-refractivity contribution is 9.10. The SMILES string of the molecule is CC(C)[C@H](N)C(=O)Nc1ccc(Br)cc1[N+](=O)[O-]. The molecule has 1 aromatic rings. The first kappa shape index (κ1) is 14.6. The lowest BCUT2D eigenvalue weighted by Crippen LogP contribution is -2.39. The number of anilines is 1. The first-order chi connectivity index (χ1) is 8.32. The molecule has 7 heteroatoms. The van der Waals surface area contributed by atoms with Gasteiger partial charge in [-0.2, -0.15) is 0 Å². The molecular weight excluding hydrogens is 302 g/mol. The van der Waals surface area contributed by atoms with Crippen molar-refractivity contribution in [1.82, 2.24) is 0 Å². The van der Waals surface area contributed by atoms with Crippen LogP contribution in [-0.2, 0) is 4.79 Å². The molecule has 0 unspecified atom stereocenters. The van der Waals surface area contributed by atoms with Crippen LogP contribution in [0.4, 0.5) is 11.4 Å². The Hall–Kier alpha value is -1.47. The summed E-state index contributed by atoms with van der Waals surface area (Å²) in [6, 6.07) is 3.71. The van der Waals surface area contributed by atoms with Gasteiger partial charge in [0, 0.05) is 10.5 Å². The van der Waals surface area contributed by atoms with Crippen molar-refractivity contribution in [2.45, 2.75) is 19.9 Å². The summed E-state index contributed by atoms with van der Waals surface area (Å²) in [7, 11) is 0. The Morgan fingerprint density at radius 3 is 2.61 bits per heavy atom. The Labute approximate surface area is 113 Å². The van der Waals surface area contributed by atoms with Gasteiger partial charge < -0.3 is 11.1 Å². The minimum absolute atomic E-state index is 0.0421. The van der Waals surface area contributed by atoms with Crippen LogP contribution in [0.1, 0.15) is 13.8 Å². The third-order valence-electron chi connectivity index (χ3n) is 2.44. The summed E-state index contributed by atoms with van der Waals surface area (Å²) in [5.41, 5.74) is 5.64. The van der Waals surface area contributed by atoms with Gasteiger partial charge in [0.05, 0.1) is 11.0 Å². The number of nitro benzene ring substituents is 1. The molecule has 0 saturated carbocycles. The number of halogens is 1. The van der Waals surface area contributed by atoms with Crippen LogP contribution < -0.4 is 11.1 Å².